The quantitative estimate of drug-likeness (QED) is 0.843. The molecule has 15 heavy (non-hydrogen) atoms. The number of nitrogens with two attached hydrogens (primary N) is 1. The third kappa shape index (κ3) is 2.87. The molecule has 0 aliphatic carbocycles. The zero-order valence-corrected chi connectivity index (χ0v) is 8.38. The number of hydrogen-bond acceptors (Lipinski definition) is 2. The highest BCUT2D eigenvalue weighted by molar-refractivity contribution is 5.85. The fraction of sp³-hybridized carbons (Fsp3) is 0.222. The van der Waals surface area contributed by atoms with Gasteiger partial charge in [0.05, 0.1) is 0 Å². The molecule has 3 nitrogen and oxygen atoms in total. The van der Waals surface area contributed by atoms with Crippen LogP contribution >= 0.6 is 12.4 Å². The summed E-state index contributed by atoms with van der Waals surface area (Å²) >= 11 is 0. The van der Waals surface area contributed by atoms with Crippen molar-refractivity contribution in [3.63, 3.8) is 0 Å². The summed E-state index contributed by atoms with van der Waals surface area (Å²) in [4.78, 5) is 10.2. The summed E-state index contributed by atoms with van der Waals surface area (Å²) in [6, 6.07) is 5.58. The van der Waals surface area contributed by atoms with Crippen molar-refractivity contribution in [1.29, 1.82) is 0 Å². The highest BCUT2D eigenvalue weighted by atomic mass is 35.5. The summed E-state index contributed by atoms with van der Waals surface area (Å²) in [5, 5.41) is 8.24. The van der Waals surface area contributed by atoms with Gasteiger partial charge < -0.3 is 10.8 Å². The van der Waals surface area contributed by atoms with Gasteiger partial charge in [-0.15, -0.1) is 12.4 Å². The summed E-state index contributed by atoms with van der Waals surface area (Å²) < 4.78 is 25.8. The van der Waals surface area contributed by atoms with E-state index in [-0.39, 0.29) is 18.0 Å². The molecule has 0 aromatic heterocycles. The van der Waals surface area contributed by atoms with Gasteiger partial charge in [0.25, 0.3) is 0 Å². The Balaban J connectivity index is 0.00000196. The van der Waals surface area contributed by atoms with E-state index < -0.39 is 17.9 Å². The first-order chi connectivity index (χ1) is 6.46. The second kappa shape index (κ2) is 5.04. The van der Waals surface area contributed by atoms with Crippen LogP contribution in [-0.4, -0.2) is 17.0 Å². The number of benzene rings is 1. The van der Waals surface area contributed by atoms with Crippen molar-refractivity contribution in [1.82, 2.24) is 0 Å². The van der Waals surface area contributed by atoms with Crippen LogP contribution in [0.25, 0.3) is 0 Å². The lowest BCUT2D eigenvalue weighted by Gasteiger charge is -2.19. The molecule has 0 fully saturated rings. The fourth-order valence-electron chi connectivity index (χ4n) is 1.00. The molecule has 1 aromatic rings. The number of carboxylic acid groups (broad SMARTS) is 1. The molecule has 0 spiro atoms. The van der Waals surface area contributed by atoms with E-state index in [0.717, 1.165) is 0 Å². The van der Waals surface area contributed by atoms with E-state index >= 15 is 0 Å². The largest absolute Gasteiger partial charge is 0.477 e. The second-order valence-corrected chi connectivity index (χ2v) is 2.82. The number of rotatable bonds is 3. The summed E-state index contributed by atoms with van der Waals surface area (Å²) in [7, 11) is 0. The van der Waals surface area contributed by atoms with Crippen molar-refractivity contribution in [2.75, 3.05) is 0 Å². The maximum absolute atomic E-state index is 12.9. The van der Waals surface area contributed by atoms with E-state index in [1.54, 1.807) is 6.07 Å². The number of hydrogen-bond donors (Lipinski definition) is 2. The van der Waals surface area contributed by atoms with Gasteiger partial charge in [-0.25, -0.2) is 4.79 Å². The molecule has 0 amide bonds. The third-order valence-electron chi connectivity index (χ3n) is 1.83. The monoisotopic (exact) mass is 237 g/mol. The van der Waals surface area contributed by atoms with Crippen molar-refractivity contribution >= 4 is 18.4 Å². The molecule has 0 saturated carbocycles. The van der Waals surface area contributed by atoms with E-state index in [2.05, 4.69) is 0 Å². The van der Waals surface area contributed by atoms with Gasteiger partial charge in [0, 0.05) is 0 Å². The Kier molecular flexibility index (Phi) is 4.64. The van der Waals surface area contributed by atoms with E-state index in [4.69, 9.17) is 10.8 Å². The highest BCUT2D eigenvalue weighted by Gasteiger charge is 2.46. The van der Waals surface area contributed by atoms with Gasteiger partial charge >= 0.3 is 11.9 Å². The molecule has 3 N–H and O–H groups in total. The minimum absolute atomic E-state index is 0. The van der Waals surface area contributed by atoms with Gasteiger partial charge in [-0.2, -0.15) is 8.78 Å². The zero-order chi connectivity index (χ0) is 10.8. The van der Waals surface area contributed by atoms with E-state index in [9.17, 15) is 13.6 Å². The van der Waals surface area contributed by atoms with Crippen LogP contribution < -0.4 is 5.73 Å². The molecule has 1 aromatic carbocycles. The van der Waals surface area contributed by atoms with E-state index in [0.29, 0.717) is 0 Å². The predicted octanol–water partition coefficient (Wildman–Crippen LogP) is 1.83. The predicted molar refractivity (Wildman–Crippen MR) is 53.2 cm³/mol. The summed E-state index contributed by atoms with van der Waals surface area (Å²) in [6.45, 7) is 0. The maximum Gasteiger partial charge on any atom is 0.376 e. The first-order valence-corrected chi connectivity index (χ1v) is 3.88. The molecule has 84 valence electrons. The first kappa shape index (κ1) is 13.8. The van der Waals surface area contributed by atoms with Gasteiger partial charge in [-0.3, -0.25) is 0 Å². The summed E-state index contributed by atoms with van der Waals surface area (Å²) in [5.74, 6) is -6.16. The second-order valence-electron chi connectivity index (χ2n) is 2.82. The van der Waals surface area contributed by atoms with Crippen molar-refractivity contribution in [2.24, 2.45) is 5.73 Å². The first-order valence-electron chi connectivity index (χ1n) is 3.88. The average molecular weight is 238 g/mol. The molecule has 0 aliphatic heterocycles. The molecule has 1 atom stereocenters. The summed E-state index contributed by atoms with van der Waals surface area (Å²) in [6.07, 6.45) is 0. The lowest BCUT2D eigenvalue weighted by Crippen LogP contribution is -2.40. The van der Waals surface area contributed by atoms with E-state index in [1.165, 1.54) is 24.3 Å². The van der Waals surface area contributed by atoms with Crippen molar-refractivity contribution < 1.29 is 18.7 Å². The van der Waals surface area contributed by atoms with Gasteiger partial charge in [0.15, 0.2) is 0 Å². The fourth-order valence-corrected chi connectivity index (χ4v) is 1.00. The smallest absolute Gasteiger partial charge is 0.376 e. The van der Waals surface area contributed by atoms with Crippen LogP contribution in [0.3, 0.4) is 0 Å². The molecular formula is C9H10ClF2NO2. The van der Waals surface area contributed by atoms with Gasteiger partial charge in [-0.05, 0) is 5.56 Å². The van der Waals surface area contributed by atoms with Gasteiger partial charge in [-0.1, -0.05) is 30.3 Å². The number of carboxylic acids is 1. The average Bonchev–Trinajstić information content (AvgIpc) is 2.17. The minimum atomic E-state index is -3.94. The van der Waals surface area contributed by atoms with Crippen LogP contribution in [0.15, 0.2) is 30.3 Å². The molecular weight excluding hydrogens is 228 g/mol. The number of halogens is 3. The van der Waals surface area contributed by atoms with Gasteiger partial charge in [0.1, 0.15) is 6.04 Å². The SMILES string of the molecule is Cl.N[C@H](c1ccccc1)C(F)(F)C(=O)O. The van der Waals surface area contributed by atoms with Crippen LogP contribution in [-0.2, 0) is 4.79 Å². The van der Waals surface area contributed by atoms with Crippen molar-refractivity contribution in [3.8, 4) is 0 Å². The van der Waals surface area contributed by atoms with Crippen LogP contribution in [0.1, 0.15) is 11.6 Å². The molecule has 0 unspecified atom stereocenters. The third-order valence-corrected chi connectivity index (χ3v) is 1.83. The lowest BCUT2D eigenvalue weighted by atomic mass is 10.0. The van der Waals surface area contributed by atoms with Crippen LogP contribution in [0.2, 0.25) is 0 Å². The molecule has 0 heterocycles. The zero-order valence-electron chi connectivity index (χ0n) is 7.56. The summed E-state index contributed by atoms with van der Waals surface area (Å²) in [5.41, 5.74) is 5.24. The number of carbonyl (C=O) groups is 1. The Labute approximate surface area is 91.3 Å². The molecule has 0 bridgehead atoms. The Bertz CT molecular complexity index is 332. The van der Waals surface area contributed by atoms with Crippen LogP contribution in [0.4, 0.5) is 8.78 Å². The molecule has 1 rings (SSSR count). The molecule has 0 aliphatic rings. The molecule has 6 heteroatoms. The van der Waals surface area contributed by atoms with Gasteiger partial charge in [0.2, 0.25) is 0 Å². The van der Waals surface area contributed by atoms with Crippen LogP contribution in [0, 0.1) is 0 Å². The molecule has 0 saturated heterocycles. The van der Waals surface area contributed by atoms with Crippen molar-refractivity contribution in [2.45, 2.75) is 12.0 Å². The standard InChI is InChI=1S/C9H9F2NO2.ClH/c10-9(11,8(13)14)7(12)6-4-2-1-3-5-6;/h1-5,7H,12H2,(H,13,14);1H/t7-;/m1./s1. The Morgan fingerprint density at radius 3 is 2.20 bits per heavy atom. The normalized spacial score (nSPS) is 12.7. The number of aliphatic carboxylic acids is 1. The Morgan fingerprint density at radius 2 is 1.80 bits per heavy atom. The number of alkyl halides is 2. The Morgan fingerprint density at radius 1 is 1.33 bits per heavy atom. The minimum Gasteiger partial charge on any atom is -0.477 e. The topological polar surface area (TPSA) is 63.3 Å². The van der Waals surface area contributed by atoms with Crippen LogP contribution in [0.5, 0.6) is 0 Å². The maximum atomic E-state index is 12.9. The lowest BCUT2D eigenvalue weighted by molar-refractivity contribution is -0.168. The van der Waals surface area contributed by atoms with Crippen molar-refractivity contribution in [3.05, 3.63) is 35.9 Å². The molecule has 0 radical (unpaired) electrons. The van der Waals surface area contributed by atoms with E-state index in [1.807, 2.05) is 0 Å². The highest BCUT2D eigenvalue weighted by Crippen LogP contribution is 2.29. The Hall–Kier alpha value is -1.20.